The Balaban J connectivity index is 2.77. The van der Waals surface area contributed by atoms with Crippen molar-refractivity contribution in [1.82, 2.24) is 9.88 Å². The Bertz CT molecular complexity index is 403. The lowest BCUT2D eigenvalue weighted by atomic mass is 10.2. The SMILES string of the molecule is COCC(CCN)Nc1ccnc(C(=O)N(C)C)c1. The molecule has 1 atom stereocenters. The Hall–Kier alpha value is -1.66. The van der Waals surface area contributed by atoms with Gasteiger partial charge in [-0.3, -0.25) is 9.78 Å². The molecule has 0 aromatic carbocycles. The van der Waals surface area contributed by atoms with Crippen LogP contribution in [-0.4, -0.2) is 56.2 Å². The summed E-state index contributed by atoms with van der Waals surface area (Å²) in [6, 6.07) is 3.69. The second kappa shape index (κ2) is 7.70. The van der Waals surface area contributed by atoms with Crippen molar-refractivity contribution < 1.29 is 9.53 Å². The lowest BCUT2D eigenvalue weighted by Crippen LogP contribution is -2.28. The molecule has 106 valence electrons. The van der Waals surface area contributed by atoms with E-state index in [9.17, 15) is 4.79 Å². The summed E-state index contributed by atoms with van der Waals surface area (Å²) >= 11 is 0. The van der Waals surface area contributed by atoms with Gasteiger partial charge in [0.15, 0.2) is 0 Å². The van der Waals surface area contributed by atoms with E-state index in [2.05, 4.69) is 10.3 Å². The number of nitrogens with one attached hydrogen (secondary N) is 1. The molecule has 1 heterocycles. The first-order chi connectivity index (χ1) is 9.08. The summed E-state index contributed by atoms with van der Waals surface area (Å²) in [5, 5.41) is 3.30. The number of carbonyl (C=O) groups excluding carboxylic acids is 1. The number of carbonyl (C=O) groups is 1. The molecule has 3 N–H and O–H groups in total. The highest BCUT2D eigenvalue weighted by molar-refractivity contribution is 5.92. The maximum atomic E-state index is 11.8. The molecule has 0 aliphatic rings. The third kappa shape index (κ3) is 4.84. The molecule has 6 heteroatoms. The summed E-state index contributed by atoms with van der Waals surface area (Å²) in [7, 11) is 5.05. The Kier molecular flexibility index (Phi) is 6.24. The molecule has 0 fully saturated rings. The predicted molar refractivity (Wildman–Crippen MR) is 75.2 cm³/mol. The van der Waals surface area contributed by atoms with Crippen molar-refractivity contribution in [3.05, 3.63) is 24.0 Å². The predicted octanol–water partition coefficient (Wildman–Crippen LogP) is 0.559. The van der Waals surface area contributed by atoms with Crippen molar-refractivity contribution in [2.75, 3.05) is 39.7 Å². The molecule has 19 heavy (non-hydrogen) atoms. The fourth-order valence-corrected chi connectivity index (χ4v) is 1.70. The summed E-state index contributed by atoms with van der Waals surface area (Å²) in [6.45, 7) is 1.14. The molecule has 0 aliphatic carbocycles. The molecule has 0 bridgehead atoms. The van der Waals surface area contributed by atoms with E-state index in [1.807, 2.05) is 6.07 Å². The number of aromatic nitrogens is 1. The molecule has 0 saturated carbocycles. The fourth-order valence-electron chi connectivity index (χ4n) is 1.70. The van der Waals surface area contributed by atoms with Crippen LogP contribution >= 0.6 is 0 Å². The molecule has 1 aromatic heterocycles. The third-order valence-electron chi connectivity index (χ3n) is 2.64. The van der Waals surface area contributed by atoms with E-state index in [1.165, 1.54) is 4.90 Å². The van der Waals surface area contributed by atoms with Crippen molar-refractivity contribution in [3.8, 4) is 0 Å². The number of nitrogens with zero attached hydrogens (tertiary/aromatic N) is 2. The molecule has 0 saturated heterocycles. The molecular weight excluding hydrogens is 244 g/mol. The smallest absolute Gasteiger partial charge is 0.272 e. The molecule has 0 radical (unpaired) electrons. The highest BCUT2D eigenvalue weighted by Gasteiger charge is 2.12. The number of methoxy groups -OCH3 is 1. The number of amides is 1. The number of pyridine rings is 1. The molecule has 0 aliphatic heterocycles. The van der Waals surface area contributed by atoms with Crippen LogP contribution in [-0.2, 0) is 4.74 Å². The van der Waals surface area contributed by atoms with Gasteiger partial charge < -0.3 is 20.7 Å². The van der Waals surface area contributed by atoms with Crippen molar-refractivity contribution in [3.63, 3.8) is 0 Å². The highest BCUT2D eigenvalue weighted by atomic mass is 16.5. The summed E-state index contributed by atoms with van der Waals surface area (Å²) in [5.41, 5.74) is 6.82. The van der Waals surface area contributed by atoms with E-state index in [4.69, 9.17) is 10.5 Å². The second-order valence-corrected chi connectivity index (χ2v) is 4.50. The van der Waals surface area contributed by atoms with Gasteiger partial charge in [0.2, 0.25) is 0 Å². The van der Waals surface area contributed by atoms with Crippen LogP contribution in [0.25, 0.3) is 0 Å². The van der Waals surface area contributed by atoms with E-state index in [1.54, 1.807) is 33.5 Å². The summed E-state index contributed by atoms with van der Waals surface area (Å²) in [6.07, 6.45) is 2.42. The average Bonchev–Trinajstić information content (AvgIpc) is 2.38. The number of nitrogens with two attached hydrogens (primary N) is 1. The first kappa shape index (κ1) is 15.4. The van der Waals surface area contributed by atoms with E-state index in [0.29, 0.717) is 18.8 Å². The standard InChI is InChI=1S/C13H22N4O2/c1-17(2)13(18)12-8-10(5-7-15-12)16-11(4-6-14)9-19-3/h5,7-8,11H,4,6,9,14H2,1-3H3,(H,15,16). The van der Waals surface area contributed by atoms with Gasteiger partial charge in [0.1, 0.15) is 5.69 Å². The van der Waals surface area contributed by atoms with Crippen LogP contribution in [0.4, 0.5) is 5.69 Å². The van der Waals surface area contributed by atoms with E-state index >= 15 is 0 Å². The summed E-state index contributed by atoms with van der Waals surface area (Å²) in [4.78, 5) is 17.4. The van der Waals surface area contributed by atoms with Crippen LogP contribution < -0.4 is 11.1 Å². The largest absolute Gasteiger partial charge is 0.383 e. The van der Waals surface area contributed by atoms with Crippen molar-refractivity contribution in [1.29, 1.82) is 0 Å². The van der Waals surface area contributed by atoms with Crippen LogP contribution in [0.15, 0.2) is 18.3 Å². The van der Waals surface area contributed by atoms with Crippen LogP contribution in [0.2, 0.25) is 0 Å². The van der Waals surface area contributed by atoms with E-state index in [-0.39, 0.29) is 11.9 Å². The van der Waals surface area contributed by atoms with E-state index < -0.39 is 0 Å². The minimum Gasteiger partial charge on any atom is -0.383 e. The van der Waals surface area contributed by atoms with Crippen molar-refractivity contribution in [2.24, 2.45) is 5.73 Å². The van der Waals surface area contributed by atoms with Gasteiger partial charge in [-0.05, 0) is 25.1 Å². The topological polar surface area (TPSA) is 80.5 Å². The Labute approximate surface area is 113 Å². The summed E-state index contributed by atoms with van der Waals surface area (Å²) < 4.78 is 5.14. The molecule has 1 aromatic rings. The van der Waals surface area contributed by atoms with Crippen LogP contribution in [0.5, 0.6) is 0 Å². The van der Waals surface area contributed by atoms with Gasteiger partial charge in [-0.15, -0.1) is 0 Å². The molecule has 0 spiro atoms. The fraction of sp³-hybridized carbons (Fsp3) is 0.538. The van der Waals surface area contributed by atoms with Crippen molar-refractivity contribution >= 4 is 11.6 Å². The van der Waals surface area contributed by atoms with Gasteiger partial charge in [0.25, 0.3) is 5.91 Å². The zero-order chi connectivity index (χ0) is 14.3. The second-order valence-electron chi connectivity index (χ2n) is 4.50. The first-order valence-electron chi connectivity index (χ1n) is 6.21. The third-order valence-corrected chi connectivity index (χ3v) is 2.64. The minimum absolute atomic E-state index is 0.120. The molecule has 1 rings (SSSR count). The lowest BCUT2D eigenvalue weighted by molar-refractivity contribution is 0.0822. The average molecular weight is 266 g/mol. The van der Waals surface area contributed by atoms with Gasteiger partial charge in [0, 0.05) is 33.1 Å². The number of ether oxygens (including phenoxy) is 1. The molecule has 6 nitrogen and oxygen atoms in total. The van der Waals surface area contributed by atoms with Gasteiger partial charge >= 0.3 is 0 Å². The molecule has 1 unspecified atom stereocenters. The van der Waals surface area contributed by atoms with E-state index in [0.717, 1.165) is 12.1 Å². The zero-order valence-corrected chi connectivity index (χ0v) is 11.7. The highest BCUT2D eigenvalue weighted by Crippen LogP contribution is 2.12. The Morgan fingerprint density at radius 2 is 2.32 bits per heavy atom. The van der Waals surface area contributed by atoms with Gasteiger partial charge in [-0.1, -0.05) is 0 Å². The van der Waals surface area contributed by atoms with Gasteiger partial charge in [-0.2, -0.15) is 0 Å². The quantitative estimate of drug-likeness (QED) is 0.753. The molecule has 1 amide bonds. The van der Waals surface area contributed by atoms with Gasteiger partial charge in [0.05, 0.1) is 12.6 Å². The maximum absolute atomic E-state index is 11.8. The Morgan fingerprint density at radius 3 is 2.89 bits per heavy atom. The van der Waals surface area contributed by atoms with Crippen LogP contribution in [0, 0.1) is 0 Å². The van der Waals surface area contributed by atoms with Crippen LogP contribution in [0.1, 0.15) is 16.9 Å². The number of anilines is 1. The monoisotopic (exact) mass is 266 g/mol. The maximum Gasteiger partial charge on any atom is 0.272 e. The molecular formula is C13H22N4O2. The Morgan fingerprint density at radius 1 is 1.58 bits per heavy atom. The first-order valence-corrected chi connectivity index (χ1v) is 6.21. The van der Waals surface area contributed by atoms with Crippen LogP contribution in [0.3, 0.4) is 0 Å². The number of rotatable bonds is 7. The number of hydrogen-bond donors (Lipinski definition) is 2. The zero-order valence-electron chi connectivity index (χ0n) is 11.7. The summed E-state index contributed by atoms with van der Waals surface area (Å²) in [5.74, 6) is -0.120. The normalized spacial score (nSPS) is 12.0. The minimum atomic E-state index is -0.120. The van der Waals surface area contributed by atoms with Gasteiger partial charge in [-0.25, -0.2) is 0 Å². The lowest BCUT2D eigenvalue weighted by Gasteiger charge is -2.19. The van der Waals surface area contributed by atoms with Crippen molar-refractivity contribution in [2.45, 2.75) is 12.5 Å². The number of hydrogen-bond acceptors (Lipinski definition) is 5.